The highest BCUT2D eigenvalue weighted by atomic mass is 79.9. The number of anilines is 1. The van der Waals surface area contributed by atoms with Gasteiger partial charge in [0.2, 0.25) is 0 Å². The quantitative estimate of drug-likeness (QED) is 0.696. The van der Waals surface area contributed by atoms with Crippen LogP contribution in [0.25, 0.3) is 0 Å². The summed E-state index contributed by atoms with van der Waals surface area (Å²) in [4.78, 5) is 24.5. The Bertz CT molecular complexity index is 544. The third-order valence-corrected chi connectivity index (χ3v) is 4.20. The van der Waals surface area contributed by atoms with E-state index in [-0.39, 0.29) is 18.4 Å². The van der Waals surface area contributed by atoms with Crippen LogP contribution in [0.3, 0.4) is 0 Å². The minimum atomic E-state index is -0.0894. The Labute approximate surface area is 133 Å². The maximum absolute atomic E-state index is 12.0. The normalized spacial score (nSPS) is 15.4. The summed E-state index contributed by atoms with van der Waals surface area (Å²) < 4.78 is 1.01. The van der Waals surface area contributed by atoms with E-state index >= 15 is 0 Å². The number of aryl methyl sites for hydroxylation is 1. The summed E-state index contributed by atoms with van der Waals surface area (Å²) in [6.45, 7) is 2.57. The highest BCUT2D eigenvalue weighted by molar-refractivity contribution is 9.10. The molecule has 0 aromatic heterocycles. The first-order valence-electron chi connectivity index (χ1n) is 7.10. The maximum Gasteiger partial charge on any atom is 0.279 e. The van der Waals surface area contributed by atoms with E-state index in [1.165, 1.54) is 0 Å². The number of amides is 2. The van der Waals surface area contributed by atoms with E-state index in [0.29, 0.717) is 12.6 Å². The summed E-state index contributed by atoms with van der Waals surface area (Å²) in [5.41, 5.74) is 1.84. The van der Waals surface area contributed by atoms with Gasteiger partial charge < -0.3 is 15.5 Å². The van der Waals surface area contributed by atoms with Gasteiger partial charge in [-0.15, -0.1) is 0 Å². The Morgan fingerprint density at radius 1 is 1.29 bits per heavy atom. The Balaban J connectivity index is 1.77. The van der Waals surface area contributed by atoms with E-state index in [1.807, 2.05) is 32.2 Å². The molecule has 1 aliphatic carbocycles. The molecule has 0 spiro atoms. The monoisotopic (exact) mass is 354 g/mol. The average Bonchev–Trinajstić information content (AvgIpc) is 3.17. The molecule has 1 aromatic carbocycles. The van der Waals surface area contributed by atoms with Crippen LogP contribution in [-0.2, 0) is 9.59 Å². The number of nitrogens with one attached hydrogen (secondary N) is 3. The van der Waals surface area contributed by atoms with Gasteiger partial charge in [0.25, 0.3) is 11.8 Å². The fraction of sp³-hybridized carbons (Fsp3) is 0.467. The number of hydrogen-bond donors (Lipinski definition) is 3. The molecule has 5 nitrogen and oxygen atoms in total. The van der Waals surface area contributed by atoms with Crippen LogP contribution in [0, 0.1) is 6.92 Å². The number of rotatable bonds is 6. The molecule has 0 bridgehead atoms. The van der Waals surface area contributed by atoms with E-state index < -0.39 is 0 Å². The molecule has 1 aromatic rings. The molecule has 2 amide bonds. The minimum Gasteiger partial charge on any atom is -0.348 e. The van der Waals surface area contributed by atoms with Crippen molar-refractivity contribution in [3.63, 3.8) is 0 Å². The standard InChI is InChI=1S/C15H20BrN3O2/c1-10-7-12(5-6-13(10)16)18-15(21)9-19(2)8-14(20)17-11-3-4-11/h5-7,11H,3-4,8-9H2,1-2H3,(H,17,20)(H,18,21)/p+1. The molecule has 1 fully saturated rings. The fourth-order valence-electron chi connectivity index (χ4n) is 2.04. The van der Waals surface area contributed by atoms with Crippen molar-refractivity contribution < 1.29 is 14.5 Å². The minimum absolute atomic E-state index is 0.0160. The van der Waals surface area contributed by atoms with Crippen LogP contribution in [0.2, 0.25) is 0 Å². The molecule has 0 heterocycles. The van der Waals surface area contributed by atoms with Crippen molar-refractivity contribution in [2.24, 2.45) is 0 Å². The van der Waals surface area contributed by atoms with Gasteiger partial charge in [0.15, 0.2) is 13.1 Å². The van der Waals surface area contributed by atoms with Gasteiger partial charge in [-0.25, -0.2) is 0 Å². The summed E-state index contributed by atoms with van der Waals surface area (Å²) in [5.74, 6) is -0.0734. The van der Waals surface area contributed by atoms with E-state index in [9.17, 15) is 9.59 Å². The topological polar surface area (TPSA) is 62.6 Å². The number of hydrogen-bond acceptors (Lipinski definition) is 2. The molecule has 6 heteroatoms. The van der Waals surface area contributed by atoms with Crippen LogP contribution in [0.1, 0.15) is 18.4 Å². The lowest BCUT2D eigenvalue weighted by Gasteiger charge is -2.14. The second kappa shape index (κ2) is 7.04. The fourth-order valence-corrected chi connectivity index (χ4v) is 2.29. The first kappa shape index (κ1) is 16.0. The summed E-state index contributed by atoms with van der Waals surface area (Å²) >= 11 is 3.43. The maximum atomic E-state index is 12.0. The van der Waals surface area contributed by atoms with Crippen molar-refractivity contribution in [1.29, 1.82) is 0 Å². The van der Waals surface area contributed by atoms with Crippen molar-refractivity contribution in [3.8, 4) is 0 Å². The van der Waals surface area contributed by atoms with Gasteiger partial charge in [-0.3, -0.25) is 9.59 Å². The van der Waals surface area contributed by atoms with Crippen molar-refractivity contribution in [3.05, 3.63) is 28.2 Å². The van der Waals surface area contributed by atoms with Gasteiger partial charge in [-0.2, -0.15) is 0 Å². The third-order valence-electron chi connectivity index (χ3n) is 3.31. The van der Waals surface area contributed by atoms with Crippen LogP contribution in [0.15, 0.2) is 22.7 Å². The van der Waals surface area contributed by atoms with Crippen molar-refractivity contribution in [1.82, 2.24) is 5.32 Å². The van der Waals surface area contributed by atoms with Crippen LogP contribution in [0.4, 0.5) is 5.69 Å². The first-order chi connectivity index (χ1) is 9.94. The second-order valence-corrected chi connectivity index (χ2v) is 6.52. The summed E-state index contributed by atoms with van der Waals surface area (Å²) in [7, 11) is 1.85. The molecular weight excluding hydrogens is 334 g/mol. The van der Waals surface area contributed by atoms with Gasteiger partial charge in [0, 0.05) is 16.2 Å². The van der Waals surface area contributed by atoms with Crippen molar-refractivity contribution in [2.75, 3.05) is 25.5 Å². The van der Waals surface area contributed by atoms with Gasteiger partial charge in [-0.05, 0) is 43.5 Å². The third kappa shape index (κ3) is 5.47. The molecule has 0 aliphatic heterocycles. The highest BCUT2D eigenvalue weighted by Crippen LogP contribution is 2.19. The van der Waals surface area contributed by atoms with Gasteiger partial charge in [0.1, 0.15) is 0 Å². The molecule has 3 N–H and O–H groups in total. The molecule has 1 aliphatic rings. The summed E-state index contributed by atoms with van der Waals surface area (Å²) in [5, 5.41) is 5.78. The molecule has 1 atom stereocenters. The van der Waals surface area contributed by atoms with E-state index in [0.717, 1.165) is 33.5 Å². The van der Waals surface area contributed by atoms with Crippen LogP contribution in [0.5, 0.6) is 0 Å². The second-order valence-electron chi connectivity index (χ2n) is 5.66. The largest absolute Gasteiger partial charge is 0.348 e. The van der Waals surface area contributed by atoms with Crippen LogP contribution < -0.4 is 15.5 Å². The number of carbonyl (C=O) groups excluding carboxylic acids is 2. The number of carbonyl (C=O) groups is 2. The molecule has 0 radical (unpaired) electrons. The van der Waals surface area contributed by atoms with Crippen LogP contribution in [-0.4, -0.2) is 38.0 Å². The predicted octanol–water partition coefficient (Wildman–Crippen LogP) is 0.489. The van der Waals surface area contributed by atoms with Crippen molar-refractivity contribution >= 4 is 33.4 Å². The lowest BCUT2D eigenvalue weighted by molar-refractivity contribution is -0.862. The van der Waals surface area contributed by atoms with Gasteiger partial charge in [-0.1, -0.05) is 15.9 Å². The number of halogens is 1. The van der Waals surface area contributed by atoms with Crippen LogP contribution >= 0.6 is 15.9 Å². The predicted molar refractivity (Wildman–Crippen MR) is 85.3 cm³/mol. The van der Waals surface area contributed by atoms with Crippen molar-refractivity contribution in [2.45, 2.75) is 25.8 Å². The molecular formula is C15H21BrN3O2+. The lowest BCUT2D eigenvalue weighted by atomic mass is 10.2. The molecule has 114 valence electrons. The Morgan fingerprint density at radius 3 is 2.57 bits per heavy atom. The molecule has 2 rings (SSSR count). The van der Waals surface area contributed by atoms with Gasteiger partial charge >= 0.3 is 0 Å². The number of quaternary nitrogens is 1. The average molecular weight is 355 g/mol. The Hall–Kier alpha value is -1.40. The highest BCUT2D eigenvalue weighted by Gasteiger charge is 2.24. The van der Waals surface area contributed by atoms with Gasteiger partial charge in [0.05, 0.1) is 7.05 Å². The summed E-state index contributed by atoms with van der Waals surface area (Å²) in [6, 6.07) is 6.04. The zero-order valence-corrected chi connectivity index (χ0v) is 13.9. The molecule has 0 saturated heterocycles. The van der Waals surface area contributed by atoms with E-state index in [2.05, 4.69) is 26.6 Å². The zero-order valence-electron chi connectivity index (χ0n) is 12.3. The van der Waals surface area contributed by atoms with E-state index in [1.54, 1.807) is 0 Å². The number of benzene rings is 1. The SMILES string of the molecule is Cc1cc(NC(=O)C[NH+](C)CC(=O)NC2CC2)ccc1Br. The lowest BCUT2D eigenvalue weighted by Crippen LogP contribution is -3.11. The summed E-state index contributed by atoms with van der Waals surface area (Å²) in [6.07, 6.45) is 2.16. The smallest absolute Gasteiger partial charge is 0.279 e. The Morgan fingerprint density at radius 2 is 1.95 bits per heavy atom. The number of likely N-dealkylation sites (N-methyl/N-ethyl adjacent to an activating group) is 1. The first-order valence-corrected chi connectivity index (χ1v) is 7.90. The molecule has 1 unspecified atom stereocenters. The Kier molecular flexibility index (Phi) is 5.36. The zero-order chi connectivity index (χ0) is 15.4. The molecule has 1 saturated carbocycles. The van der Waals surface area contributed by atoms with E-state index in [4.69, 9.17) is 0 Å². The molecule has 21 heavy (non-hydrogen) atoms.